The third kappa shape index (κ3) is 4.44. The molecule has 1 atom stereocenters. The summed E-state index contributed by atoms with van der Waals surface area (Å²) in [5.74, 6) is 0.232. The number of halogens is 1. The number of hydrogen-bond acceptors (Lipinski definition) is 4. The number of anilines is 1. The Morgan fingerprint density at radius 3 is 2.92 bits per heavy atom. The topological polar surface area (TPSA) is 61.4 Å². The molecule has 7 heteroatoms. The van der Waals surface area contributed by atoms with Crippen LogP contribution in [-0.2, 0) is 0 Å². The first-order chi connectivity index (χ1) is 12.6. The molecule has 0 aliphatic carbocycles. The van der Waals surface area contributed by atoms with Crippen molar-refractivity contribution in [3.05, 3.63) is 51.2 Å². The Balaban J connectivity index is 1.74. The highest BCUT2D eigenvalue weighted by Gasteiger charge is 2.24. The molecule has 26 heavy (non-hydrogen) atoms. The minimum absolute atomic E-state index is 0.0194. The fourth-order valence-corrected chi connectivity index (χ4v) is 4.02. The maximum atomic E-state index is 12.9. The number of hydrogen-bond donors (Lipinski definition) is 2. The van der Waals surface area contributed by atoms with E-state index in [1.54, 1.807) is 24.3 Å². The highest BCUT2D eigenvalue weighted by Crippen LogP contribution is 2.26. The van der Waals surface area contributed by atoms with Gasteiger partial charge in [-0.2, -0.15) is 0 Å². The van der Waals surface area contributed by atoms with E-state index in [2.05, 4.69) is 10.6 Å². The molecule has 0 bridgehead atoms. The minimum atomic E-state index is -0.224. The van der Waals surface area contributed by atoms with Gasteiger partial charge in [-0.15, -0.1) is 11.3 Å². The SMILES string of the molecule is CNCC1CCCN(C(=O)c2ccc(Cl)c(NC(=O)c3cccs3)c2)C1. The molecule has 0 radical (unpaired) electrons. The molecule has 1 aromatic heterocycles. The summed E-state index contributed by atoms with van der Waals surface area (Å²) in [5.41, 5.74) is 1.00. The van der Waals surface area contributed by atoms with E-state index in [0.29, 0.717) is 27.1 Å². The molecule has 3 rings (SSSR count). The molecule has 1 aliphatic heterocycles. The van der Waals surface area contributed by atoms with Crippen molar-refractivity contribution >= 4 is 40.4 Å². The van der Waals surface area contributed by atoms with Crippen molar-refractivity contribution in [2.75, 3.05) is 32.0 Å². The van der Waals surface area contributed by atoms with Crippen molar-refractivity contribution < 1.29 is 9.59 Å². The molecule has 2 aromatic rings. The van der Waals surface area contributed by atoms with Gasteiger partial charge < -0.3 is 15.5 Å². The third-order valence-electron chi connectivity index (χ3n) is 4.51. The van der Waals surface area contributed by atoms with Gasteiger partial charge in [0.15, 0.2) is 0 Å². The van der Waals surface area contributed by atoms with Crippen molar-refractivity contribution in [1.29, 1.82) is 0 Å². The molecule has 0 saturated carbocycles. The fraction of sp³-hybridized carbons (Fsp3) is 0.368. The Labute approximate surface area is 162 Å². The van der Waals surface area contributed by atoms with E-state index < -0.39 is 0 Å². The minimum Gasteiger partial charge on any atom is -0.338 e. The lowest BCUT2D eigenvalue weighted by Crippen LogP contribution is -2.42. The Kier molecular flexibility index (Phi) is 6.29. The monoisotopic (exact) mass is 391 g/mol. The predicted octanol–water partition coefficient (Wildman–Crippen LogP) is 3.73. The van der Waals surface area contributed by atoms with Crippen LogP contribution >= 0.6 is 22.9 Å². The maximum Gasteiger partial charge on any atom is 0.265 e. The number of benzene rings is 1. The molecule has 0 spiro atoms. The number of likely N-dealkylation sites (tertiary alicyclic amines) is 1. The molecule has 2 N–H and O–H groups in total. The number of carbonyl (C=O) groups is 2. The van der Waals surface area contributed by atoms with Gasteiger partial charge in [0.25, 0.3) is 11.8 Å². The number of nitrogens with one attached hydrogen (secondary N) is 2. The Hall–Kier alpha value is -1.89. The second kappa shape index (κ2) is 8.66. The molecule has 1 saturated heterocycles. The molecular weight excluding hydrogens is 370 g/mol. The van der Waals surface area contributed by atoms with Crippen LogP contribution in [0.1, 0.15) is 32.9 Å². The summed E-state index contributed by atoms with van der Waals surface area (Å²) in [6, 6.07) is 8.61. The summed E-state index contributed by atoms with van der Waals surface area (Å²) in [4.78, 5) is 27.6. The van der Waals surface area contributed by atoms with Crippen molar-refractivity contribution in [2.24, 2.45) is 5.92 Å². The van der Waals surface area contributed by atoms with E-state index in [1.165, 1.54) is 11.3 Å². The average Bonchev–Trinajstić information content (AvgIpc) is 3.18. The molecule has 138 valence electrons. The lowest BCUT2D eigenvalue weighted by molar-refractivity contribution is 0.0674. The largest absolute Gasteiger partial charge is 0.338 e. The zero-order valence-electron chi connectivity index (χ0n) is 14.6. The van der Waals surface area contributed by atoms with Crippen molar-refractivity contribution in [3.63, 3.8) is 0 Å². The molecular formula is C19H22ClN3O2S. The molecule has 2 heterocycles. The summed E-state index contributed by atoms with van der Waals surface area (Å²) >= 11 is 7.57. The van der Waals surface area contributed by atoms with Gasteiger partial charge in [0.05, 0.1) is 15.6 Å². The lowest BCUT2D eigenvalue weighted by Gasteiger charge is -2.33. The number of nitrogens with zero attached hydrogens (tertiary/aromatic N) is 1. The van der Waals surface area contributed by atoms with Gasteiger partial charge in [-0.1, -0.05) is 17.7 Å². The number of rotatable bonds is 5. The number of carbonyl (C=O) groups excluding carboxylic acids is 2. The molecule has 1 fully saturated rings. The van der Waals surface area contributed by atoms with Crippen LogP contribution in [0.15, 0.2) is 35.7 Å². The highest BCUT2D eigenvalue weighted by molar-refractivity contribution is 7.12. The third-order valence-corrected chi connectivity index (χ3v) is 5.70. The Bertz CT molecular complexity index is 777. The fourth-order valence-electron chi connectivity index (χ4n) is 3.23. The predicted molar refractivity (Wildman–Crippen MR) is 106 cm³/mol. The van der Waals surface area contributed by atoms with E-state index in [0.717, 1.165) is 32.5 Å². The van der Waals surface area contributed by atoms with E-state index >= 15 is 0 Å². The summed E-state index contributed by atoms with van der Waals surface area (Å²) in [6.45, 7) is 2.42. The summed E-state index contributed by atoms with van der Waals surface area (Å²) in [6.07, 6.45) is 2.14. The summed E-state index contributed by atoms with van der Waals surface area (Å²) in [5, 5.41) is 8.24. The van der Waals surface area contributed by atoms with Gasteiger partial charge in [-0.25, -0.2) is 0 Å². The van der Waals surface area contributed by atoms with Crippen LogP contribution in [0, 0.1) is 5.92 Å². The van der Waals surface area contributed by atoms with E-state index in [4.69, 9.17) is 11.6 Å². The highest BCUT2D eigenvalue weighted by atomic mass is 35.5. The van der Waals surface area contributed by atoms with Gasteiger partial charge in [-0.05, 0) is 62.0 Å². The van der Waals surface area contributed by atoms with Crippen LogP contribution < -0.4 is 10.6 Å². The zero-order chi connectivity index (χ0) is 18.5. The Morgan fingerprint density at radius 1 is 1.35 bits per heavy atom. The standard InChI is InChI=1S/C19H22ClN3O2S/c1-21-11-13-4-2-8-23(12-13)19(25)14-6-7-15(20)16(10-14)22-18(24)17-5-3-9-26-17/h3,5-7,9-10,13,21H,2,4,8,11-12H2,1H3,(H,22,24). The van der Waals surface area contributed by atoms with Crippen LogP contribution in [0.5, 0.6) is 0 Å². The van der Waals surface area contributed by atoms with Crippen LogP contribution in [0.2, 0.25) is 5.02 Å². The van der Waals surface area contributed by atoms with Crippen LogP contribution in [0.25, 0.3) is 0 Å². The van der Waals surface area contributed by atoms with E-state index in [-0.39, 0.29) is 11.8 Å². The zero-order valence-corrected chi connectivity index (χ0v) is 16.2. The van der Waals surface area contributed by atoms with Gasteiger partial charge in [0.1, 0.15) is 0 Å². The van der Waals surface area contributed by atoms with Crippen molar-refractivity contribution in [2.45, 2.75) is 12.8 Å². The lowest BCUT2D eigenvalue weighted by atomic mass is 9.97. The van der Waals surface area contributed by atoms with Crippen molar-refractivity contribution in [1.82, 2.24) is 10.2 Å². The smallest absolute Gasteiger partial charge is 0.265 e. The first-order valence-electron chi connectivity index (χ1n) is 8.66. The van der Waals surface area contributed by atoms with Crippen LogP contribution in [-0.4, -0.2) is 43.4 Å². The average molecular weight is 392 g/mol. The number of piperidine rings is 1. The Morgan fingerprint density at radius 2 is 2.19 bits per heavy atom. The van der Waals surface area contributed by atoms with Gasteiger partial charge in [0, 0.05) is 18.7 Å². The molecule has 1 aliphatic rings. The molecule has 1 aromatic carbocycles. The molecule has 5 nitrogen and oxygen atoms in total. The van der Waals surface area contributed by atoms with Gasteiger partial charge in [-0.3, -0.25) is 9.59 Å². The second-order valence-corrected chi connectivity index (χ2v) is 7.80. The summed E-state index contributed by atoms with van der Waals surface area (Å²) < 4.78 is 0. The molecule has 2 amide bonds. The van der Waals surface area contributed by atoms with Gasteiger partial charge >= 0.3 is 0 Å². The van der Waals surface area contributed by atoms with E-state index in [9.17, 15) is 9.59 Å². The first kappa shape index (κ1) is 18.9. The van der Waals surface area contributed by atoms with Crippen LogP contribution in [0.3, 0.4) is 0 Å². The van der Waals surface area contributed by atoms with Crippen molar-refractivity contribution in [3.8, 4) is 0 Å². The maximum absolute atomic E-state index is 12.9. The van der Waals surface area contributed by atoms with Crippen LogP contribution in [0.4, 0.5) is 5.69 Å². The second-order valence-electron chi connectivity index (χ2n) is 6.44. The van der Waals surface area contributed by atoms with Gasteiger partial charge in [0.2, 0.25) is 0 Å². The number of thiophene rings is 1. The normalized spacial score (nSPS) is 17.2. The van der Waals surface area contributed by atoms with E-state index in [1.807, 2.05) is 23.4 Å². The summed E-state index contributed by atoms with van der Waals surface area (Å²) in [7, 11) is 1.93. The molecule has 1 unspecified atom stereocenters. The quantitative estimate of drug-likeness (QED) is 0.816. The first-order valence-corrected chi connectivity index (χ1v) is 9.92. The number of amides is 2.